The van der Waals surface area contributed by atoms with E-state index in [0.29, 0.717) is 6.61 Å². The first kappa shape index (κ1) is 17.8. The van der Waals surface area contributed by atoms with Crippen LogP contribution in [0.3, 0.4) is 0 Å². The molecule has 2 aromatic carbocycles. The first-order chi connectivity index (χ1) is 13.2. The van der Waals surface area contributed by atoms with Crippen LogP contribution in [0, 0.1) is 6.92 Å². The number of hydrogen-bond donors (Lipinski definition) is 1. The SMILES string of the molecule is COc1ccccc1-c1cn2c(n1)CO[C@@H](CNCc1ccc(C)cc1)C2. The molecule has 140 valence electrons. The van der Waals surface area contributed by atoms with E-state index in [0.717, 1.165) is 42.5 Å². The average Bonchev–Trinajstić information content (AvgIpc) is 3.12. The van der Waals surface area contributed by atoms with Gasteiger partial charge in [-0.15, -0.1) is 0 Å². The van der Waals surface area contributed by atoms with E-state index in [-0.39, 0.29) is 6.10 Å². The van der Waals surface area contributed by atoms with Crippen LogP contribution < -0.4 is 10.1 Å². The Kier molecular flexibility index (Phi) is 5.23. The Labute approximate surface area is 160 Å². The number of nitrogens with zero attached hydrogens (tertiary/aromatic N) is 2. The lowest BCUT2D eigenvalue weighted by atomic mass is 10.1. The molecule has 0 aliphatic carbocycles. The summed E-state index contributed by atoms with van der Waals surface area (Å²) in [7, 11) is 1.69. The van der Waals surface area contributed by atoms with Gasteiger partial charge in [0.05, 0.1) is 25.5 Å². The van der Waals surface area contributed by atoms with Gasteiger partial charge in [0, 0.05) is 24.8 Å². The highest BCUT2D eigenvalue weighted by Gasteiger charge is 2.21. The van der Waals surface area contributed by atoms with E-state index in [4.69, 9.17) is 14.5 Å². The zero-order chi connectivity index (χ0) is 18.6. The Balaban J connectivity index is 1.38. The molecule has 27 heavy (non-hydrogen) atoms. The average molecular weight is 363 g/mol. The molecular formula is C22H25N3O2. The summed E-state index contributed by atoms with van der Waals surface area (Å²) in [4.78, 5) is 4.74. The molecule has 5 nitrogen and oxygen atoms in total. The van der Waals surface area contributed by atoms with Gasteiger partial charge in [0.2, 0.25) is 0 Å². The fraction of sp³-hybridized carbons (Fsp3) is 0.318. The van der Waals surface area contributed by atoms with Crippen molar-refractivity contribution in [3.8, 4) is 17.0 Å². The van der Waals surface area contributed by atoms with Crippen molar-refractivity contribution < 1.29 is 9.47 Å². The molecule has 0 radical (unpaired) electrons. The first-order valence-electron chi connectivity index (χ1n) is 9.30. The van der Waals surface area contributed by atoms with Crippen LogP contribution in [0.5, 0.6) is 5.75 Å². The highest BCUT2D eigenvalue weighted by atomic mass is 16.5. The monoisotopic (exact) mass is 363 g/mol. The van der Waals surface area contributed by atoms with Crippen LogP contribution in [0.25, 0.3) is 11.3 Å². The fourth-order valence-corrected chi connectivity index (χ4v) is 3.38. The van der Waals surface area contributed by atoms with Crippen molar-refractivity contribution in [3.05, 3.63) is 71.7 Å². The largest absolute Gasteiger partial charge is 0.496 e. The first-order valence-corrected chi connectivity index (χ1v) is 9.30. The number of benzene rings is 2. The number of nitrogens with one attached hydrogen (secondary N) is 1. The predicted molar refractivity (Wildman–Crippen MR) is 106 cm³/mol. The van der Waals surface area contributed by atoms with E-state index < -0.39 is 0 Å². The molecule has 0 saturated heterocycles. The summed E-state index contributed by atoms with van der Waals surface area (Å²) in [5, 5.41) is 3.50. The fourth-order valence-electron chi connectivity index (χ4n) is 3.38. The second kappa shape index (κ2) is 7.94. The van der Waals surface area contributed by atoms with Crippen LogP contribution in [0.15, 0.2) is 54.7 Å². The molecule has 3 aromatic rings. The molecule has 1 aromatic heterocycles. The molecule has 0 saturated carbocycles. The maximum Gasteiger partial charge on any atom is 0.135 e. The van der Waals surface area contributed by atoms with Gasteiger partial charge < -0.3 is 19.4 Å². The third-order valence-electron chi connectivity index (χ3n) is 4.91. The quantitative estimate of drug-likeness (QED) is 0.728. The number of rotatable bonds is 6. The molecule has 0 fully saturated rings. The van der Waals surface area contributed by atoms with Gasteiger partial charge in [-0.2, -0.15) is 0 Å². The molecule has 1 aliphatic heterocycles. The molecule has 4 rings (SSSR count). The molecule has 0 unspecified atom stereocenters. The minimum Gasteiger partial charge on any atom is -0.496 e. The van der Waals surface area contributed by atoms with Gasteiger partial charge in [-0.05, 0) is 24.6 Å². The number of hydrogen-bond acceptors (Lipinski definition) is 4. The van der Waals surface area contributed by atoms with Gasteiger partial charge in [0.25, 0.3) is 0 Å². The maximum absolute atomic E-state index is 5.99. The van der Waals surface area contributed by atoms with Crippen LogP contribution in [-0.4, -0.2) is 29.3 Å². The number of ether oxygens (including phenoxy) is 2. The van der Waals surface area contributed by atoms with E-state index >= 15 is 0 Å². The van der Waals surface area contributed by atoms with E-state index in [1.165, 1.54) is 11.1 Å². The van der Waals surface area contributed by atoms with E-state index in [9.17, 15) is 0 Å². The summed E-state index contributed by atoms with van der Waals surface area (Å²) < 4.78 is 13.7. The normalized spacial score (nSPS) is 16.1. The van der Waals surface area contributed by atoms with Crippen molar-refractivity contribution in [2.45, 2.75) is 32.7 Å². The lowest BCUT2D eigenvalue weighted by Gasteiger charge is -2.24. The smallest absolute Gasteiger partial charge is 0.135 e. The van der Waals surface area contributed by atoms with E-state index in [1.54, 1.807) is 7.11 Å². The Bertz CT molecular complexity index is 902. The third-order valence-corrected chi connectivity index (χ3v) is 4.91. The van der Waals surface area contributed by atoms with Gasteiger partial charge in [-0.25, -0.2) is 4.98 Å². The van der Waals surface area contributed by atoms with Gasteiger partial charge in [0.1, 0.15) is 18.2 Å². The van der Waals surface area contributed by atoms with Crippen molar-refractivity contribution >= 4 is 0 Å². The Morgan fingerprint density at radius 1 is 1.19 bits per heavy atom. The van der Waals surface area contributed by atoms with Crippen molar-refractivity contribution in [2.75, 3.05) is 13.7 Å². The van der Waals surface area contributed by atoms with E-state index in [2.05, 4.69) is 47.3 Å². The standard InChI is InChI=1S/C22H25N3O2/c1-16-7-9-17(10-8-16)11-23-12-18-13-25-14-20(24-22(25)15-27-18)19-5-3-4-6-21(19)26-2/h3-10,14,18,23H,11-13,15H2,1-2H3/t18-/m0/s1. The number of aromatic nitrogens is 2. The van der Waals surface area contributed by atoms with Gasteiger partial charge in [0.15, 0.2) is 0 Å². The van der Waals surface area contributed by atoms with Gasteiger partial charge in [-0.3, -0.25) is 0 Å². The summed E-state index contributed by atoms with van der Waals surface area (Å²) in [6.07, 6.45) is 2.24. The molecule has 0 amide bonds. The zero-order valence-electron chi connectivity index (χ0n) is 15.8. The lowest BCUT2D eigenvalue weighted by Crippen LogP contribution is -2.35. The second-order valence-electron chi connectivity index (χ2n) is 6.94. The van der Waals surface area contributed by atoms with Crippen LogP contribution in [-0.2, 0) is 24.4 Å². The molecule has 5 heteroatoms. The number of methoxy groups -OCH3 is 1. The maximum atomic E-state index is 5.99. The van der Waals surface area contributed by atoms with Crippen LogP contribution >= 0.6 is 0 Å². The lowest BCUT2D eigenvalue weighted by molar-refractivity contribution is 0.00278. The second-order valence-corrected chi connectivity index (χ2v) is 6.94. The van der Waals surface area contributed by atoms with Gasteiger partial charge in [-0.1, -0.05) is 42.0 Å². The van der Waals surface area contributed by atoms with Crippen molar-refractivity contribution in [2.24, 2.45) is 0 Å². The minimum atomic E-state index is 0.141. The number of imidazole rings is 1. The highest BCUT2D eigenvalue weighted by Crippen LogP contribution is 2.30. The molecule has 1 atom stereocenters. The number of para-hydroxylation sites is 1. The summed E-state index contributed by atoms with van der Waals surface area (Å²) in [5.74, 6) is 1.80. The number of fused-ring (bicyclic) bond motifs is 1. The topological polar surface area (TPSA) is 48.3 Å². The zero-order valence-corrected chi connectivity index (χ0v) is 15.8. The van der Waals surface area contributed by atoms with Crippen LogP contribution in [0.1, 0.15) is 17.0 Å². The third kappa shape index (κ3) is 4.04. The molecule has 1 aliphatic rings. The predicted octanol–water partition coefficient (Wildman–Crippen LogP) is 3.56. The molecule has 2 heterocycles. The molecule has 0 spiro atoms. The molecule has 0 bridgehead atoms. The molecule has 1 N–H and O–H groups in total. The summed E-state index contributed by atoms with van der Waals surface area (Å²) in [6.45, 7) is 5.11. The minimum absolute atomic E-state index is 0.141. The van der Waals surface area contributed by atoms with Crippen LogP contribution in [0.4, 0.5) is 0 Å². The van der Waals surface area contributed by atoms with E-state index in [1.807, 2.05) is 24.3 Å². The summed E-state index contributed by atoms with van der Waals surface area (Å²) >= 11 is 0. The van der Waals surface area contributed by atoms with Crippen molar-refractivity contribution in [1.29, 1.82) is 0 Å². The molecular weight excluding hydrogens is 338 g/mol. The summed E-state index contributed by atoms with van der Waals surface area (Å²) in [6, 6.07) is 16.6. The highest BCUT2D eigenvalue weighted by molar-refractivity contribution is 5.66. The Morgan fingerprint density at radius 3 is 2.81 bits per heavy atom. The Hall–Kier alpha value is -2.63. The van der Waals surface area contributed by atoms with Crippen molar-refractivity contribution in [3.63, 3.8) is 0 Å². The van der Waals surface area contributed by atoms with Gasteiger partial charge >= 0.3 is 0 Å². The van der Waals surface area contributed by atoms with Crippen LogP contribution in [0.2, 0.25) is 0 Å². The van der Waals surface area contributed by atoms with Crippen molar-refractivity contribution in [1.82, 2.24) is 14.9 Å². The summed E-state index contributed by atoms with van der Waals surface area (Å²) in [5.41, 5.74) is 4.52. The number of aryl methyl sites for hydroxylation is 1. The Morgan fingerprint density at radius 2 is 2.00 bits per heavy atom.